The number of benzene rings is 2. The second-order valence-electron chi connectivity index (χ2n) is 7.20. The number of hydrogen-bond acceptors (Lipinski definition) is 4. The Bertz CT molecular complexity index is 986. The maximum absolute atomic E-state index is 13.4. The number of halogens is 4. The number of alkyl halides is 3. The summed E-state index contributed by atoms with van der Waals surface area (Å²) in [5.41, 5.74) is 0.173. The lowest BCUT2D eigenvalue weighted by Crippen LogP contribution is -2.34. The smallest absolute Gasteiger partial charge is 0.339 e. The number of piperidine rings is 1. The molecule has 0 spiro atoms. The third-order valence-electron chi connectivity index (χ3n) is 5.10. The molecule has 1 atom stereocenters. The Balaban J connectivity index is 1.49. The fourth-order valence-electron chi connectivity index (χ4n) is 3.72. The molecule has 152 valence electrons. The second-order valence-corrected chi connectivity index (χ2v) is 7.20. The van der Waals surface area contributed by atoms with Crippen molar-refractivity contribution in [2.24, 2.45) is 0 Å². The van der Waals surface area contributed by atoms with Crippen molar-refractivity contribution in [3.63, 3.8) is 0 Å². The van der Waals surface area contributed by atoms with Crippen LogP contribution in [0.1, 0.15) is 35.8 Å². The third kappa shape index (κ3) is 4.48. The Morgan fingerprint density at radius 3 is 2.72 bits per heavy atom. The van der Waals surface area contributed by atoms with Crippen LogP contribution in [-0.4, -0.2) is 28.1 Å². The van der Waals surface area contributed by atoms with Crippen molar-refractivity contribution in [2.75, 3.05) is 13.1 Å². The molecule has 1 aromatic heterocycles. The van der Waals surface area contributed by atoms with E-state index < -0.39 is 11.7 Å². The van der Waals surface area contributed by atoms with Crippen LogP contribution in [0.4, 0.5) is 17.6 Å². The van der Waals surface area contributed by atoms with Gasteiger partial charge in [0.15, 0.2) is 0 Å². The van der Waals surface area contributed by atoms with E-state index in [-0.39, 0.29) is 23.8 Å². The van der Waals surface area contributed by atoms with Crippen LogP contribution in [-0.2, 0) is 12.7 Å². The van der Waals surface area contributed by atoms with Crippen molar-refractivity contribution >= 4 is 0 Å². The van der Waals surface area contributed by atoms with Crippen molar-refractivity contribution in [1.29, 1.82) is 0 Å². The van der Waals surface area contributed by atoms with E-state index in [0.29, 0.717) is 30.4 Å². The summed E-state index contributed by atoms with van der Waals surface area (Å²) in [6.45, 7) is 1.43. The van der Waals surface area contributed by atoms with E-state index in [9.17, 15) is 17.6 Å². The second kappa shape index (κ2) is 7.94. The van der Waals surface area contributed by atoms with Gasteiger partial charge >= 0.3 is 6.18 Å². The highest BCUT2D eigenvalue weighted by Gasteiger charge is 2.34. The Morgan fingerprint density at radius 1 is 1.10 bits per heavy atom. The van der Waals surface area contributed by atoms with E-state index in [1.807, 2.05) is 4.90 Å². The van der Waals surface area contributed by atoms with Gasteiger partial charge in [-0.25, -0.2) is 4.39 Å². The summed E-state index contributed by atoms with van der Waals surface area (Å²) >= 11 is 0. The molecule has 0 bridgehead atoms. The minimum Gasteiger partial charge on any atom is -0.339 e. The lowest BCUT2D eigenvalue weighted by molar-refractivity contribution is -0.138. The average molecular weight is 405 g/mol. The Labute approximate surface area is 165 Å². The summed E-state index contributed by atoms with van der Waals surface area (Å²) in [6, 6.07) is 11.6. The van der Waals surface area contributed by atoms with E-state index in [4.69, 9.17) is 4.52 Å². The summed E-state index contributed by atoms with van der Waals surface area (Å²) in [5, 5.41) is 3.94. The number of nitrogens with zero attached hydrogens (tertiary/aromatic N) is 3. The predicted molar refractivity (Wildman–Crippen MR) is 98.4 cm³/mol. The van der Waals surface area contributed by atoms with E-state index in [2.05, 4.69) is 10.1 Å². The molecule has 2 heterocycles. The predicted octanol–water partition coefficient (Wildman–Crippen LogP) is 5.27. The van der Waals surface area contributed by atoms with Crippen LogP contribution in [0, 0.1) is 5.82 Å². The van der Waals surface area contributed by atoms with E-state index in [0.717, 1.165) is 18.9 Å². The number of hydrogen-bond donors (Lipinski definition) is 0. The Hall–Kier alpha value is -2.74. The lowest BCUT2D eigenvalue weighted by Gasteiger charge is -2.31. The molecule has 3 aromatic rings. The number of aromatic nitrogens is 2. The molecular weight excluding hydrogens is 386 g/mol. The summed E-state index contributed by atoms with van der Waals surface area (Å²) < 4.78 is 58.6. The first-order valence-electron chi connectivity index (χ1n) is 9.37. The molecule has 0 radical (unpaired) electrons. The van der Waals surface area contributed by atoms with Crippen LogP contribution in [0.15, 0.2) is 53.1 Å². The molecule has 0 saturated carbocycles. The van der Waals surface area contributed by atoms with Gasteiger partial charge in [0.1, 0.15) is 5.82 Å². The SMILES string of the molecule is Fc1cccc(-c2noc(C3CCCN(Cc4ccccc4C(F)(F)F)C3)n2)c1. The zero-order valence-corrected chi connectivity index (χ0v) is 15.5. The monoisotopic (exact) mass is 405 g/mol. The summed E-state index contributed by atoms with van der Waals surface area (Å²) in [5.74, 6) is 0.273. The van der Waals surface area contributed by atoms with E-state index in [1.54, 1.807) is 18.2 Å². The minimum atomic E-state index is -4.38. The summed E-state index contributed by atoms with van der Waals surface area (Å²) in [4.78, 5) is 6.37. The van der Waals surface area contributed by atoms with Crippen molar-refractivity contribution in [1.82, 2.24) is 15.0 Å². The van der Waals surface area contributed by atoms with Crippen LogP contribution in [0.2, 0.25) is 0 Å². The third-order valence-corrected chi connectivity index (χ3v) is 5.10. The van der Waals surface area contributed by atoms with Crippen molar-refractivity contribution in [3.8, 4) is 11.4 Å². The largest absolute Gasteiger partial charge is 0.416 e. The van der Waals surface area contributed by atoms with Gasteiger partial charge in [0, 0.05) is 18.7 Å². The maximum atomic E-state index is 13.4. The molecule has 0 aliphatic carbocycles. The quantitative estimate of drug-likeness (QED) is 0.555. The molecule has 1 saturated heterocycles. The van der Waals surface area contributed by atoms with Crippen LogP contribution in [0.3, 0.4) is 0 Å². The van der Waals surface area contributed by atoms with Crippen LogP contribution < -0.4 is 0 Å². The molecule has 1 fully saturated rings. The number of likely N-dealkylation sites (tertiary alicyclic amines) is 1. The van der Waals surface area contributed by atoms with Crippen molar-refractivity contribution in [2.45, 2.75) is 31.5 Å². The van der Waals surface area contributed by atoms with Gasteiger partial charge < -0.3 is 4.52 Å². The topological polar surface area (TPSA) is 42.2 Å². The van der Waals surface area contributed by atoms with Gasteiger partial charge in [-0.05, 0) is 43.1 Å². The van der Waals surface area contributed by atoms with Gasteiger partial charge in [-0.3, -0.25) is 4.90 Å². The van der Waals surface area contributed by atoms with Gasteiger partial charge in [-0.1, -0.05) is 35.5 Å². The molecule has 2 aromatic carbocycles. The first kappa shape index (κ1) is 19.6. The zero-order valence-electron chi connectivity index (χ0n) is 15.5. The van der Waals surface area contributed by atoms with Gasteiger partial charge in [-0.15, -0.1) is 0 Å². The fraction of sp³-hybridized carbons (Fsp3) is 0.333. The number of rotatable bonds is 4. The summed E-state index contributed by atoms with van der Waals surface area (Å²) in [6.07, 6.45) is -2.75. The molecule has 1 aliphatic heterocycles. The van der Waals surface area contributed by atoms with Crippen LogP contribution in [0.25, 0.3) is 11.4 Å². The van der Waals surface area contributed by atoms with Crippen LogP contribution in [0.5, 0.6) is 0 Å². The molecule has 29 heavy (non-hydrogen) atoms. The van der Waals surface area contributed by atoms with Gasteiger partial charge in [0.05, 0.1) is 11.5 Å². The molecule has 1 aliphatic rings. The van der Waals surface area contributed by atoms with E-state index in [1.165, 1.54) is 24.3 Å². The molecule has 0 N–H and O–H groups in total. The van der Waals surface area contributed by atoms with Gasteiger partial charge in [0.25, 0.3) is 0 Å². The highest BCUT2D eigenvalue weighted by atomic mass is 19.4. The standard InChI is InChI=1S/C21H19F4N3O/c22-17-8-3-6-14(11-17)19-26-20(29-27-19)16-7-4-10-28(13-16)12-15-5-1-2-9-18(15)21(23,24)25/h1-3,5-6,8-9,11,16H,4,7,10,12-13H2. The van der Waals surface area contributed by atoms with Crippen molar-refractivity contribution < 1.29 is 22.1 Å². The maximum Gasteiger partial charge on any atom is 0.416 e. The highest BCUT2D eigenvalue weighted by molar-refractivity contribution is 5.53. The lowest BCUT2D eigenvalue weighted by atomic mass is 9.96. The molecular formula is C21H19F4N3O. The molecule has 0 amide bonds. The first-order valence-corrected chi connectivity index (χ1v) is 9.37. The molecule has 4 nitrogen and oxygen atoms in total. The fourth-order valence-corrected chi connectivity index (χ4v) is 3.72. The Morgan fingerprint density at radius 2 is 1.93 bits per heavy atom. The van der Waals surface area contributed by atoms with Crippen LogP contribution >= 0.6 is 0 Å². The first-order chi connectivity index (χ1) is 13.9. The average Bonchev–Trinajstić information content (AvgIpc) is 3.18. The van der Waals surface area contributed by atoms with Gasteiger partial charge in [-0.2, -0.15) is 18.2 Å². The zero-order chi connectivity index (χ0) is 20.4. The Kier molecular flexibility index (Phi) is 5.36. The summed E-state index contributed by atoms with van der Waals surface area (Å²) in [7, 11) is 0. The van der Waals surface area contributed by atoms with E-state index >= 15 is 0 Å². The highest BCUT2D eigenvalue weighted by Crippen LogP contribution is 2.34. The minimum absolute atomic E-state index is 0.0726. The molecule has 8 heteroatoms. The molecule has 1 unspecified atom stereocenters. The molecule has 4 rings (SSSR count). The van der Waals surface area contributed by atoms with Crippen molar-refractivity contribution in [3.05, 3.63) is 71.4 Å². The van der Waals surface area contributed by atoms with Gasteiger partial charge in [0.2, 0.25) is 11.7 Å². The normalized spacial score (nSPS) is 18.1.